The highest BCUT2D eigenvalue weighted by atomic mass is 16.5. The van der Waals surface area contributed by atoms with Crippen molar-refractivity contribution in [1.82, 2.24) is 5.32 Å². The third kappa shape index (κ3) is 4.72. The number of rotatable bonds is 6. The first kappa shape index (κ1) is 16.3. The Bertz CT molecular complexity index is 418. The molecular formula is C18H29NO2. The van der Waals surface area contributed by atoms with Crippen LogP contribution in [0.15, 0.2) is 24.3 Å². The second-order valence-electron chi connectivity index (χ2n) is 6.45. The molecule has 21 heavy (non-hydrogen) atoms. The quantitative estimate of drug-likeness (QED) is 0.845. The number of aliphatic hydroxyl groups excluding tert-OH is 1. The van der Waals surface area contributed by atoms with Gasteiger partial charge in [0.15, 0.2) is 0 Å². The molecule has 0 amide bonds. The lowest BCUT2D eigenvalue weighted by Crippen LogP contribution is -2.36. The van der Waals surface area contributed by atoms with E-state index in [1.165, 1.54) is 12.0 Å². The summed E-state index contributed by atoms with van der Waals surface area (Å²) >= 11 is 0. The number of benzene rings is 1. The first-order valence-electron chi connectivity index (χ1n) is 8.15. The Hall–Kier alpha value is -1.06. The molecule has 1 fully saturated rings. The van der Waals surface area contributed by atoms with Gasteiger partial charge in [0.1, 0.15) is 5.75 Å². The van der Waals surface area contributed by atoms with Crippen LogP contribution in [0.1, 0.15) is 51.0 Å². The fourth-order valence-corrected chi connectivity index (χ4v) is 3.17. The summed E-state index contributed by atoms with van der Waals surface area (Å²) in [5, 5.41) is 13.4. The van der Waals surface area contributed by atoms with Crippen molar-refractivity contribution in [2.24, 2.45) is 5.92 Å². The van der Waals surface area contributed by atoms with Crippen LogP contribution in [-0.4, -0.2) is 30.9 Å². The molecule has 0 aromatic heterocycles. The fraction of sp³-hybridized carbons (Fsp3) is 0.667. The maximum atomic E-state index is 9.74. The van der Waals surface area contributed by atoms with Gasteiger partial charge < -0.3 is 15.2 Å². The van der Waals surface area contributed by atoms with Crippen LogP contribution in [0.5, 0.6) is 5.75 Å². The highest BCUT2D eigenvalue weighted by Gasteiger charge is 2.21. The number of aliphatic hydroxyl groups is 1. The van der Waals surface area contributed by atoms with E-state index >= 15 is 0 Å². The van der Waals surface area contributed by atoms with Crippen LogP contribution >= 0.6 is 0 Å². The Balaban J connectivity index is 1.82. The van der Waals surface area contributed by atoms with Crippen LogP contribution in [0, 0.1) is 5.92 Å². The second-order valence-corrected chi connectivity index (χ2v) is 6.45. The Kier molecular flexibility index (Phi) is 6.07. The summed E-state index contributed by atoms with van der Waals surface area (Å²) in [6, 6.07) is 8.77. The van der Waals surface area contributed by atoms with Gasteiger partial charge in [-0.1, -0.05) is 25.5 Å². The summed E-state index contributed by atoms with van der Waals surface area (Å²) in [4.78, 5) is 0. The molecule has 0 aliphatic heterocycles. The van der Waals surface area contributed by atoms with Crippen LogP contribution in [-0.2, 0) is 0 Å². The molecule has 0 spiro atoms. The molecule has 1 aliphatic carbocycles. The molecule has 0 saturated heterocycles. The van der Waals surface area contributed by atoms with E-state index in [9.17, 15) is 5.11 Å². The standard InChI is InChI=1S/C18H29NO2/c1-13(16-7-9-18(21-3)10-8-16)14(2)19-12-15-5-4-6-17(20)11-15/h7-10,13-15,17,19-20H,4-6,11-12H2,1-3H3. The summed E-state index contributed by atoms with van der Waals surface area (Å²) in [6.45, 7) is 5.52. The van der Waals surface area contributed by atoms with Gasteiger partial charge >= 0.3 is 0 Å². The number of hydrogen-bond donors (Lipinski definition) is 2. The highest BCUT2D eigenvalue weighted by molar-refractivity contribution is 5.29. The number of hydrogen-bond acceptors (Lipinski definition) is 3. The number of ether oxygens (including phenoxy) is 1. The topological polar surface area (TPSA) is 41.5 Å². The largest absolute Gasteiger partial charge is 0.497 e. The van der Waals surface area contributed by atoms with Gasteiger partial charge in [-0.25, -0.2) is 0 Å². The zero-order valence-corrected chi connectivity index (χ0v) is 13.5. The maximum Gasteiger partial charge on any atom is 0.118 e. The Morgan fingerprint density at radius 3 is 2.57 bits per heavy atom. The summed E-state index contributed by atoms with van der Waals surface area (Å²) in [6.07, 6.45) is 4.26. The molecular weight excluding hydrogens is 262 g/mol. The van der Waals surface area contributed by atoms with Crippen molar-refractivity contribution in [3.63, 3.8) is 0 Å². The number of methoxy groups -OCH3 is 1. The van der Waals surface area contributed by atoms with Gasteiger partial charge in [0.25, 0.3) is 0 Å². The summed E-state index contributed by atoms with van der Waals surface area (Å²) < 4.78 is 5.21. The molecule has 2 N–H and O–H groups in total. The minimum atomic E-state index is -0.0835. The van der Waals surface area contributed by atoms with Gasteiger partial charge in [-0.2, -0.15) is 0 Å². The molecule has 118 valence electrons. The molecule has 0 radical (unpaired) electrons. The lowest BCUT2D eigenvalue weighted by atomic mass is 9.86. The van der Waals surface area contributed by atoms with Crippen molar-refractivity contribution >= 4 is 0 Å². The maximum absolute atomic E-state index is 9.74. The lowest BCUT2D eigenvalue weighted by molar-refractivity contribution is 0.0995. The van der Waals surface area contributed by atoms with E-state index in [0.717, 1.165) is 31.6 Å². The van der Waals surface area contributed by atoms with Gasteiger partial charge in [0, 0.05) is 6.04 Å². The smallest absolute Gasteiger partial charge is 0.118 e. The highest BCUT2D eigenvalue weighted by Crippen LogP contribution is 2.25. The van der Waals surface area contributed by atoms with Crippen molar-refractivity contribution in [1.29, 1.82) is 0 Å². The fourth-order valence-electron chi connectivity index (χ4n) is 3.17. The van der Waals surface area contributed by atoms with E-state index in [2.05, 4.69) is 31.3 Å². The lowest BCUT2D eigenvalue weighted by Gasteiger charge is -2.29. The predicted molar refractivity (Wildman–Crippen MR) is 86.8 cm³/mol. The van der Waals surface area contributed by atoms with Gasteiger partial charge in [-0.05, 0) is 62.3 Å². The van der Waals surface area contributed by atoms with E-state index in [0.29, 0.717) is 17.9 Å². The van der Waals surface area contributed by atoms with Gasteiger partial charge in [-0.3, -0.25) is 0 Å². The average molecular weight is 291 g/mol. The Labute approximate surface area is 128 Å². The average Bonchev–Trinajstić information content (AvgIpc) is 2.52. The van der Waals surface area contributed by atoms with E-state index in [4.69, 9.17) is 4.74 Å². The summed E-state index contributed by atoms with van der Waals surface area (Å²) in [5.41, 5.74) is 1.33. The molecule has 0 bridgehead atoms. The third-order valence-electron chi connectivity index (χ3n) is 4.88. The van der Waals surface area contributed by atoms with Crippen molar-refractivity contribution in [2.75, 3.05) is 13.7 Å². The molecule has 1 aromatic carbocycles. The molecule has 1 saturated carbocycles. The molecule has 3 nitrogen and oxygen atoms in total. The van der Waals surface area contributed by atoms with Crippen LogP contribution < -0.4 is 10.1 Å². The van der Waals surface area contributed by atoms with Crippen molar-refractivity contribution in [2.45, 2.75) is 57.6 Å². The van der Waals surface area contributed by atoms with Gasteiger partial charge in [0.05, 0.1) is 13.2 Å². The van der Waals surface area contributed by atoms with Crippen LogP contribution in [0.25, 0.3) is 0 Å². The predicted octanol–water partition coefficient (Wildman–Crippen LogP) is 3.33. The van der Waals surface area contributed by atoms with E-state index in [1.54, 1.807) is 7.11 Å². The first-order valence-corrected chi connectivity index (χ1v) is 8.15. The van der Waals surface area contributed by atoms with Crippen molar-refractivity contribution in [3.8, 4) is 5.75 Å². The minimum Gasteiger partial charge on any atom is -0.497 e. The third-order valence-corrected chi connectivity index (χ3v) is 4.88. The zero-order valence-electron chi connectivity index (χ0n) is 13.5. The summed E-state index contributed by atoms with van der Waals surface area (Å²) in [7, 11) is 1.70. The van der Waals surface area contributed by atoms with E-state index in [-0.39, 0.29) is 6.10 Å². The molecule has 0 heterocycles. The van der Waals surface area contributed by atoms with Crippen LogP contribution in [0.3, 0.4) is 0 Å². The van der Waals surface area contributed by atoms with E-state index in [1.807, 2.05) is 12.1 Å². The SMILES string of the molecule is COc1ccc(C(C)C(C)NCC2CCCC(O)C2)cc1. The minimum absolute atomic E-state index is 0.0835. The Morgan fingerprint density at radius 2 is 1.95 bits per heavy atom. The molecule has 4 unspecified atom stereocenters. The van der Waals surface area contributed by atoms with Crippen molar-refractivity contribution < 1.29 is 9.84 Å². The Morgan fingerprint density at radius 1 is 1.24 bits per heavy atom. The monoisotopic (exact) mass is 291 g/mol. The normalized spacial score (nSPS) is 25.3. The van der Waals surface area contributed by atoms with Crippen LogP contribution in [0.2, 0.25) is 0 Å². The van der Waals surface area contributed by atoms with Crippen molar-refractivity contribution in [3.05, 3.63) is 29.8 Å². The second kappa shape index (κ2) is 7.81. The summed E-state index contributed by atoms with van der Waals surface area (Å²) in [5.74, 6) is 1.99. The molecule has 2 rings (SSSR count). The van der Waals surface area contributed by atoms with Crippen LogP contribution in [0.4, 0.5) is 0 Å². The molecule has 1 aromatic rings. The zero-order chi connectivity index (χ0) is 15.2. The van der Waals surface area contributed by atoms with Gasteiger partial charge in [-0.15, -0.1) is 0 Å². The molecule has 1 aliphatic rings. The van der Waals surface area contributed by atoms with Gasteiger partial charge in [0.2, 0.25) is 0 Å². The molecule has 4 atom stereocenters. The van der Waals surface area contributed by atoms with E-state index < -0.39 is 0 Å². The molecule has 3 heteroatoms. The number of nitrogens with one attached hydrogen (secondary N) is 1. The first-order chi connectivity index (χ1) is 10.1.